The number of nitrogens with zero attached hydrogens (tertiary/aromatic N) is 1. The largest absolute Gasteiger partial charge is 0.456 e. The van der Waals surface area contributed by atoms with Crippen LogP contribution in [0.2, 0.25) is 0 Å². The molecule has 0 unspecified atom stereocenters. The lowest BCUT2D eigenvalue weighted by atomic mass is 9.98. The zero-order valence-electron chi connectivity index (χ0n) is 22.0. The summed E-state index contributed by atoms with van der Waals surface area (Å²) >= 11 is 1.87. The number of hydrogen-bond donors (Lipinski definition) is 0. The number of thiophene rings is 1. The highest BCUT2D eigenvalue weighted by Gasteiger charge is 2.20. The third-order valence-corrected chi connectivity index (χ3v) is 9.44. The quantitative estimate of drug-likeness (QED) is 0.207. The number of anilines is 3. The second-order valence-corrected chi connectivity index (χ2v) is 11.6. The molecular formula is C38H23NOS. The smallest absolute Gasteiger partial charge is 0.136 e. The van der Waals surface area contributed by atoms with Crippen molar-refractivity contribution in [3.05, 3.63) is 140 Å². The van der Waals surface area contributed by atoms with E-state index >= 15 is 0 Å². The molecule has 0 amide bonds. The molecule has 0 saturated carbocycles. The van der Waals surface area contributed by atoms with Crippen molar-refractivity contribution < 1.29 is 4.42 Å². The molecule has 9 aromatic rings. The molecule has 9 rings (SSSR count). The van der Waals surface area contributed by atoms with Crippen LogP contribution in [0.4, 0.5) is 17.1 Å². The van der Waals surface area contributed by atoms with Gasteiger partial charge in [-0.25, -0.2) is 0 Å². The maximum Gasteiger partial charge on any atom is 0.136 e. The van der Waals surface area contributed by atoms with Gasteiger partial charge in [-0.15, -0.1) is 11.3 Å². The van der Waals surface area contributed by atoms with Gasteiger partial charge < -0.3 is 9.32 Å². The van der Waals surface area contributed by atoms with Gasteiger partial charge in [0.25, 0.3) is 0 Å². The Labute approximate surface area is 240 Å². The molecule has 0 aliphatic heterocycles. The molecule has 0 bridgehead atoms. The molecule has 0 spiro atoms. The molecule has 0 saturated heterocycles. The summed E-state index contributed by atoms with van der Waals surface area (Å²) in [5.41, 5.74) is 5.35. The maximum atomic E-state index is 6.21. The molecule has 41 heavy (non-hydrogen) atoms. The van der Waals surface area contributed by atoms with Crippen LogP contribution in [-0.2, 0) is 0 Å². The Bertz CT molecular complexity index is 2430. The van der Waals surface area contributed by atoms with Crippen LogP contribution >= 0.6 is 11.3 Å². The minimum atomic E-state index is 0.925. The van der Waals surface area contributed by atoms with E-state index in [1.54, 1.807) is 0 Å². The lowest BCUT2D eigenvalue weighted by molar-refractivity contribution is 0.669. The van der Waals surface area contributed by atoms with Crippen LogP contribution < -0.4 is 4.90 Å². The van der Waals surface area contributed by atoms with E-state index in [-0.39, 0.29) is 0 Å². The highest BCUT2D eigenvalue weighted by atomic mass is 32.1. The van der Waals surface area contributed by atoms with Crippen molar-refractivity contribution in [2.75, 3.05) is 4.90 Å². The van der Waals surface area contributed by atoms with E-state index in [4.69, 9.17) is 4.42 Å². The predicted molar refractivity (Wildman–Crippen MR) is 176 cm³/mol. The predicted octanol–water partition coefficient (Wildman–Crippen LogP) is 11.7. The second kappa shape index (κ2) is 8.69. The summed E-state index contributed by atoms with van der Waals surface area (Å²) in [6.45, 7) is 0. The first-order valence-electron chi connectivity index (χ1n) is 13.9. The van der Waals surface area contributed by atoms with E-state index in [1.165, 1.54) is 47.4 Å². The summed E-state index contributed by atoms with van der Waals surface area (Å²) in [4.78, 5) is 2.43. The third-order valence-electron chi connectivity index (χ3n) is 8.23. The van der Waals surface area contributed by atoms with Crippen molar-refractivity contribution in [3.63, 3.8) is 0 Å². The fourth-order valence-corrected chi connectivity index (χ4v) is 7.59. The first-order valence-corrected chi connectivity index (χ1v) is 14.7. The normalized spacial score (nSPS) is 11.9. The topological polar surface area (TPSA) is 16.4 Å². The number of hydrogen-bond acceptors (Lipinski definition) is 3. The summed E-state index contributed by atoms with van der Waals surface area (Å²) < 4.78 is 8.81. The van der Waals surface area contributed by atoms with Gasteiger partial charge >= 0.3 is 0 Å². The number of fused-ring (bicyclic) bond motifs is 9. The van der Waals surface area contributed by atoms with E-state index in [1.807, 2.05) is 23.5 Å². The molecule has 2 nitrogen and oxygen atoms in total. The van der Waals surface area contributed by atoms with E-state index in [0.717, 1.165) is 33.3 Å². The average molecular weight is 542 g/mol. The van der Waals surface area contributed by atoms with Gasteiger partial charge in [-0.05, 0) is 64.7 Å². The van der Waals surface area contributed by atoms with Gasteiger partial charge in [-0.2, -0.15) is 0 Å². The van der Waals surface area contributed by atoms with Crippen molar-refractivity contribution in [1.82, 2.24) is 0 Å². The number of rotatable bonds is 3. The molecule has 0 fully saturated rings. The Balaban J connectivity index is 1.35. The van der Waals surface area contributed by atoms with E-state index < -0.39 is 0 Å². The molecule has 0 aliphatic rings. The lowest BCUT2D eigenvalue weighted by Crippen LogP contribution is -2.10. The number of benzene rings is 7. The molecule has 0 radical (unpaired) electrons. The third kappa shape index (κ3) is 3.36. The van der Waals surface area contributed by atoms with E-state index in [9.17, 15) is 0 Å². The van der Waals surface area contributed by atoms with Crippen LogP contribution in [0.1, 0.15) is 0 Å². The van der Waals surface area contributed by atoms with Crippen molar-refractivity contribution in [3.8, 4) is 0 Å². The molecule has 3 heteroatoms. The maximum absolute atomic E-state index is 6.21. The summed E-state index contributed by atoms with van der Waals surface area (Å²) in [6, 6.07) is 50.1. The summed E-state index contributed by atoms with van der Waals surface area (Å²) in [7, 11) is 0. The second-order valence-electron chi connectivity index (χ2n) is 10.5. The van der Waals surface area contributed by atoms with Gasteiger partial charge in [-0.1, -0.05) is 91.0 Å². The highest BCUT2D eigenvalue weighted by Crippen LogP contribution is 2.47. The molecule has 0 aliphatic carbocycles. The molecule has 2 heterocycles. The van der Waals surface area contributed by atoms with Crippen LogP contribution in [0.5, 0.6) is 0 Å². The Kier molecular flexibility index (Phi) is 4.80. The van der Waals surface area contributed by atoms with Crippen LogP contribution in [0.3, 0.4) is 0 Å². The molecule has 7 aromatic carbocycles. The fourth-order valence-electron chi connectivity index (χ4n) is 6.38. The van der Waals surface area contributed by atoms with Crippen LogP contribution in [-0.4, -0.2) is 0 Å². The van der Waals surface area contributed by atoms with Crippen molar-refractivity contribution >= 4 is 92.1 Å². The number of furan rings is 1. The van der Waals surface area contributed by atoms with Crippen LogP contribution in [0, 0.1) is 0 Å². The van der Waals surface area contributed by atoms with E-state index in [2.05, 4.69) is 132 Å². The van der Waals surface area contributed by atoms with Gasteiger partial charge in [0.15, 0.2) is 0 Å². The number of para-hydroxylation sites is 2. The molecule has 192 valence electrons. The molecule has 0 atom stereocenters. The minimum Gasteiger partial charge on any atom is -0.456 e. The standard InChI is InChI=1S/C38H23NOS/c1-2-10-25(11-3-1)39(34-17-9-15-30-29-13-5-7-19-37(29)41-38(30)34)33-16-8-14-26-27(33)21-20-24-22-36-32(23-31(24)26)28-12-4-6-18-35(28)40-36/h1-23H. The summed E-state index contributed by atoms with van der Waals surface area (Å²) in [6.07, 6.45) is 0. The highest BCUT2D eigenvalue weighted by molar-refractivity contribution is 7.26. The van der Waals surface area contributed by atoms with Crippen molar-refractivity contribution in [2.24, 2.45) is 0 Å². The molecule has 2 aromatic heterocycles. The first-order chi connectivity index (χ1) is 20.3. The average Bonchev–Trinajstić information content (AvgIpc) is 3.59. The Morgan fingerprint density at radius 1 is 0.439 bits per heavy atom. The zero-order chi connectivity index (χ0) is 26.9. The zero-order valence-corrected chi connectivity index (χ0v) is 22.9. The van der Waals surface area contributed by atoms with E-state index in [0.29, 0.717) is 0 Å². The lowest BCUT2D eigenvalue weighted by Gasteiger charge is -2.27. The SMILES string of the molecule is c1ccc(N(c2cccc3c2ccc2cc4oc5ccccc5c4cc23)c2cccc3c2sc2ccccc23)cc1. The molecular weight excluding hydrogens is 518 g/mol. The monoisotopic (exact) mass is 541 g/mol. The Hall–Kier alpha value is -5.12. The fraction of sp³-hybridized carbons (Fsp3) is 0. The van der Waals surface area contributed by atoms with Gasteiger partial charge in [0.2, 0.25) is 0 Å². The first kappa shape index (κ1) is 22.7. The van der Waals surface area contributed by atoms with Crippen molar-refractivity contribution in [2.45, 2.75) is 0 Å². The minimum absolute atomic E-state index is 0.925. The van der Waals surface area contributed by atoms with Gasteiger partial charge in [-0.3, -0.25) is 0 Å². The van der Waals surface area contributed by atoms with Crippen LogP contribution in [0.25, 0.3) is 63.7 Å². The van der Waals surface area contributed by atoms with Gasteiger partial charge in [0, 0.05) is 37.3 Å². The van der Waals surface area contributed by atoms with Crippen molar-refractivity contribution in [1.29, 1.82) is 0 Å². The Morgan fingerprint density at radius 2 is 1.17 bits per heavy atom. The Morgan fingerprint density at radius 3 is 2.07 bits per heavy atom. The summed E-state index contributed by atoms with van der Waals surface area (Å²) in [5.74, 6) is 0. The summed E-state index contributed by atoms with van der Waals surface area (Å²) in [5, 5.41) is 9.77. The van der Waals surface area contributed by atoms with Gasteiger partial charge in [0.1, 0.15) is 11.2 Å². The molecule has 0 N–H and O–H groups in total. The van der Waals surface area contributed by atoms with Crippen LogP contribution in [0.15, 0.2) is 144 Å². The van der Waals surface area contributed by atoms with Gasteiger partial charge in [0.05, 0.1) is 16.1 Å².